The van der Waals surface area contributed by atoms with Gasteiger partial charge in [0.15, 0.2) is 0 Å². The van der Waals surface area contributed by atoms with Gasteiger partial charge in [-0.3, -0.25) is 0 Å². The zero-order valence-electron chi connectivity index (χ0n) is 9.31. The second-order valence-corrected chi connectivity index (χ2v) is 4.48. The van der Waals surface area contributed by atoms with Crippen molar-refractivity contribution in [2.75, 3.05) is 6.61 Å². The summed E-state index contributed by atoms with van der Waals surface area (Å²) in [4.78, 5) is 0. The van der Waals surface area contributed by atoms with Crippen LogP contribution in [0.1, 0.15) is 25.7 Å². The van der Waals surface area contributed by atoms with E-state index in [-0.39, 0.29) is 12.7 Å². The molecule has 1 aliphatic heterocycles. The van der Waals surface area contributed by atoms with Crippen LogP contribution in [0.4, 0.5) is 0 Å². The molecular formula is C12H19ClO3. The average molecular weight is 247 g/mol. The molecule has 2 N–H and O–H groups in total. The molecule has 0 saturated carbocycles. The molecule has 1 fully saturated rings. The highest BCUT2D eigenvalue weighted by molar-refractivity contribution is 6.29. The van der Waals surface area contributed by atoms with E-state index in [9.17, 15) is 5.11 Å². The molecule has 0 aromatic carbocycles. The van der Waals surface area contributed by atoms with Crippen LogP contribution in [-0.4, -0.2) is 35.1 Å². The Balaban J connectivity index is 2.26. The van der Waals surface area contributed by atoms with E-state index in [1.165, 1.54) is 0 Å². The summed E-state index contributed by atoms with van der Waals surface area (Å²) in [5, 5.41) is 19.2. The number of hydrogen-bond acceptors (Lipinski definition) is 3. The summed E-state index contributed by atoms with van der Waals surface area (Å²) in [5.74, 6) is 0. The first-order valence-corrected chi connectivity index (χ1v) is 5.95. The highest BCUT2D eigenvalue weighted by atomic mass is 35.5. The van der Waals surface area contributed by atoms with Gasteiger partial charge in [-0.2, -0.15) is 0 Å². The number of ether oxygens (including phenoxy) is 1. The minimum atomic E-state index is -0.550. The maximum absolute atomic E-state index is 9.52. The molecule has 0 amide bonds. The molecule has 0 radical (unpaired) electrons. The standard InChI is InChI=1S/C12H19ClO3/c1-2-3-4-9(13)5-6-10-7-11(15)12(8-14)16-10/h2,4,10-12,14-15H,1,3,5-8H2/b9-4-/t10-,11-,12-/m0/s1. The van der Waals surface area contributed by atoms with Crippen molar-refractivity contribution in [3.8, 4) is 0 Å². The maximum Gasteiger partial charge on any atom is 0.107 e. The number of rotatable bonds is 6. The van der Waals surface area contributed by atoms with Crippen LogP contribution in [0.5, 0.6) is 0 Å². The van der Waals surface area contributed by atoms with E-state index in [2.05, 4.69) is 6.58 Å². The summed E-state index contributed by atoms with van der Waals surface area (Å²) in [6.07, 6.45) is 5.60. The van der Waals surface area contributed by atoms with Crippen molar-refractivity contribution in [3.63, 3.8) is 0 Å². The Hall–Kier alpha value is -0.350. The first-order valence-electron chi connectivity index (χ1n) is 5.57. The molecule has 1 saturated heterocycles. The fourth-order valence-electron chi connectivity index (χ4n) is 1.78. The van der Waals surface area contributed by atoms with Crippen LogP contribution < -0.4 is 0 Å². The molecule has 0 aliphatic carbocycles. The largest absolute Gasteiger partial charge is 0.394 e. The monoisotopic (exact) mass is 246 g/mol. The average Bonchev–Trinajstić information content (AvgIpc) is 2.64. The van der Waals surface area contributed by atoms with E-state index in [4.69, 9.17) is 21.4 Å². The van der Waals surface area contributed by atoms with Gasteiger partial charge in [-0.1, -0.05) is 23.8 Å². The van der Waals surface area contributed by atoms with Crippen LogP contribution in [0.15, 0.2) is 23.8 Å². The SMILES string of the molecule is C=CC/C=C(\Cl)CC[C@H]1C[C@H](O)[C@H](CO)O1. The zero-order chi connectivity index (χ0) is 12.0. The Kier molecular flexibility index (Phi) is 6.06. The number of hydrogen-bond donors (Lipinski definition) is 2. The molecule has 0 aromatic rings. The van der Waals surface area contributed by atoms with E-state index in [0.29, 0.717) is 6.42 Å². The summed E-state index contributed by atoms with van der Waals surface area (Å²) >= 11 is 5.99. The third kappa shape index (κ3) is 4.26. The minimum absolute atomic E-state index is 0.00182. The molecule has 1 aliphatic rings. The predicted molar refractivity (Wildman–Crippen MR) is 64.4 cm³/mol. The maximum atomic E-state index is 9.52. The molecule has 0 bridgehead atoms. The van der Waals surface area contributed by atoms with Crippen LogP contribution in [0.3, 0.4) is 0 Å². The van der Waals surface area contributed by atoms with Crippen molar-refractivity contribution in [1.82, 2.24) is 0 Å². The molecule has 1 heterocycles. The second-order valence-electron chi connectivity index (χ2n) is 4.00. The summed E-state index contributed by atoms with van der Waals surface area (Å²) < 4.78 is 5.47. The Morgan fingerprint density at radius 1 is 1.56 bits per heavy atom. The fraction of sp³-hybridized carbons (Fsp3) is 0.667. The Bertz CT molecular complexity index is 253. The van der Waals surface area contributed by atoms with Gasteiger partial charge in [0.1, 0.15) is 6.10 Å². The van der Waals surface area contributed by atoms with Gasteiger partial charge < -0.3 is 14.9 Å². The smallest absolute Gasteiger partial charge is 0.107 e. The minimum Gasteiger partial charge on any atom is -0.394 e. The molecule has 3 atom stereocenters. The van der Waals surface area contributed by atoms with Crippen molar-refractivity contribution in [1.29, 1.82) is 0 Å². The summed E-state index contributed by atoms with van der Waals surface area (Å²) in [5.41, 5.74) is 0. The van der Waals surface area contributed by atoms with Gasteiger partial charge >= 0.3 is 0 Å². The van der Waals surface area contributed by atoms with Gasteiger partial charge in [-0.05, 0) is 19.3 Å². The number of allylic oxidation sites excluding steroid dienone is 3. The highest BCUT2D eigenvalue weighted by Gasteiger charge is 2.32. The van der Waals surface area contributed by atoms with E-state index in [1.54, 1.807) is 6.08 Å². The number of aliphatic hydroxyl groups is 2. The lowest BCUT2D eigenvalue weighted by atomic mass is 10.1. The normalized spacial score (nSPS) is 30.7. The van der Waals surface area contributed by atoms with Crippen LogP contribution in [0.2, 0.25) is 0 Å². The molecule has 0 unspecified atom stereocenters. The Morgan fingerprint density at radius 3 is 2.88 bits per heavy atom. The topological polar surface area (TPSA) is 49.7 Å². The highest BCUT2D eigenvalue weighted by Crippen LogP contribution is 2.25. The van der Waals surface area contributed by atoms with Gasteiger partial charge in [0.05, 0.1) is 18.8 Å². The quantitative estimate of drug-likeness (QED) is 0.705. The third-order valence-electron chi connectivity index (χ3n) is 2.69. The lowest BCUT2D eigenvalue weighted by molar-refractivity contribution is -0.0234. The van der Waals surface area contributed by atoms with Gasteiger partial charge in [0.2, 0.25) is 0 Å². The van der Waals surface area contributed by atoms with Crippen LogP contribution >= 0.6 is 11.6 Å². The third-order valence-corrected chi connectivity index (χ3v) is 3.04. The number of halogens is 1. The Morgan fingerprint density at radius 2 is 2.31 bits per heavy atom. The summed E-state index contributed by atoms with van der Waals surface area (Å²) in [6.45, 7) is 3.49. The Labute approximate surface area is 101 Å². The van der Waals surface area contributed by atoms with Crippen molar-refractivity contribution in [2.24, 2.45) is 0 Å². The molecule has 92 valence electrons. The van der Waals surface area contributed by atoms with Gasteiger partial charge in [-0.15, -0.1) is 6.58 Å². The first-order chi connectivity index (χ1) is 7.67. The molecule has 0 aromatic heterocycles. The van der Waals surface area contributed by atoms with Gasteiger partial charge in [0, 0.05) is 11.5 Å². The lowest BCUT2D eigenvalue weighted by Crippen LogP contribution is -2.24. The zero-order valence-corrected chi connectivity index (χ0v) is 10.1. The lowest BCUT2D eigenvalue weighted by Gasteiger charge is -2.11. The van der Waals surface area contributed by atoms with Crippen molar-refractivity contribution in [3.05, 3.63) is 23.8 Å². The molecule has 0 spiro atoms. The van der Waals surface area contributed by atoms with Crippen molar-refractivity contribution in [2.45, 2.75) is 44.0 Å². The number of aliphatic hydroxyl groups excluding tert-OH is 2. The molecule has 4 heteroatoms. The first kappa shape index (κ1) is 13.7. The molecular weight excluding hydrogens is 228 g/mol. The predicted octanol–water partition coefficient (Wildman–Crippen LogP) is 1.98. The van der Waals surface area contributed by atoms with Crippen molar-refractivity contribution < 1.29 is 14.9 Å². The fourth-order valence-corrected chi connectivity index (χ4v) is 1.98. The van der Waals surface area contributed by atoms with E-state index < -0.39 is 12.2 Å². The van der Waals surface area contributed by atoms with E-state index >= 15 is 0 Å². The van der Waals surface area contributed by atoms with E-state index in [1.807, 2.05) is 6.08 Å². The van der Waals surface area contributed by atoms with E-state index in [0.717, 1.165) is 24.3 Å². The molecule has 16 heavy (non-hydrogen) atoms. The summed E-state index contributed by atoms with van der Waals surface area (Å²) in [7, 11) is 0. The van der Waals surface area contributed by atoms with Crippen LogP contribution in [0.25, 0.3) is 0 Å². The molecule has 1 rings (SSSR count). The van der Waals surface area contributed by atoms with Crippen molar-refractivity contribution >= 4 is 11.6 Å². The molecule has 3 nitrogen and oxygen atoms in total. The summed E-state index contributed by atoms with van der Waals surface area (Å²) in [6, 6.07) is 0. The van der Waals surface area contributed by atoms with Gasteiger partial charge in [-0.25, -0.2) is 0 Å². The second kappa shape index (κ2) is 7.07. The van der Waals surface area contributed by atoms with Crippen LogP contribution in [-0.2, 0) is 4.74 Å². The van der Waals surface area contributed by atoms with Gasteiger partial charge in [0.25, 0.3) is 0 Å². The van der Waals surface area contributed by atoms with Crippen LogP contribution in [0, 0.1) is 0 Å².